The van der Waals surface area contributed by atoms with Gasteiger partial charge in [0.05, 0.1) is 6.04 Å². The molecule has 1 aliphatic rings. The largest absolute Gasteiger partial charge is 0.399 e. The fourth-order valence-corrected chi connectivity index (χ4v) is 2.90. The van der Waals surface area contributed by atoms with Crippen molar-refractivity contribution in [2.75, 3.05) is 5.73 Å². The Morgan fingerprint density at radius 3 is 3.00 bits per heavy atom. The van der Waals surface area contributed by atoms with Crippen molar-refractivity contribution in [1.29, 1.82) is 0 Å². The van der Waals surface area contributed by atoms with Crippen LogP contribution in [-0.2, 0) is 0 Å². The van der Waals surface area contributed by atoms with Crippen molar-refractivity contribution in [2.24, 2.45) is 5.92 Å². The molecule has 0 amide bonds. The van der Waals surface area contributed by atoms with Gasteiger partial charge in [-0.1, -0.05) is 31.9 Å². The average molecular weight is 256 g/mol. The van der Waals surface area contributed by atoms with Gasteiger partial charge in [-0.3, -0.25) is 0 Å². The van der Waals surface area contributed by atoms with Crippen molar-refractivity contribution in [3.8, 4) is 11.4 Å². The van der Waals surface area contributed by atoms with E-state index in [2.05, 4.69) is 17.0 Å². The third-order valence-electron chi connectivity index (χ3n) is 3.94. The molecule has 1 aromatic heterocycles. The molecular formula is C15H20N4. The number of hydrogen-bond donors (Lipinski definition) is 1. The number of nitrogens with zero attached hydrogens (tertiary/aromatic N) is 3. The molecular weight excluding hydrogens is 236 g/mol. The number of rotatable bonds is 2. The Kier molecular flexibility index (Phi) is 3.23. The van der Waals surface area contributed by atoms with Gasteiger partial charge in [-0.25, -0.2) is 9.67 Å². The molecule has 1 saturated carbocycles. The molecule has 2 aromatic rings. The fraction of sp³-hybridized carbons (Fsp3) is 0.467. The van der Waals surface area contributed by atoms with E-state index in [1.54, 1.807) is 0 Å². The summed E-state index contributed by atoms with van der Waals surface area (Å²) in [5, 5.41) is 4.63. The van der Waals surface area contributed by atoms with Crippen LogP contribution in [0.5, 0.6) is 0 Å². The summed E-state index contributed by atoms with van der Waals surface area (Å²) in [6.45, 7) is 2.32. The lowest BCUT2D eigenvalue weighted by Gasteiger charge is -2.26. The second kappa shape index (κ2) is 5.03. The molecule has 3 rings (SSSR count). The highest BCUT2D eigenvalue weighted by atomic mass is 15.3. The van der Waals surface area contributed by atoms with E-state index in [9.17, 15) is 0 Å². The van der Waals surface area contributed by atoms with E-state index in [4.69, 9.17) is 5.73 Å². The Balaban J connectivity index is 1.83. The smallest absolute Gasteiger partial charge is 0.181 e. The summed E-state index contributed by atoms with van der Waals surface area (Å²) in [5.41, 5.74) is 7.54. The van der Waals surface area contributed by atoms with Crippen molar-refractivity contribution in [3.05, 3.63) is 30.6 Å². The molecule has 1 aliphatic carbocycles. The number of benzene rings is 1. The van der Waals surface area contributed by atoms with Crippen molar-refractivity contribution in [2.45, 2.75) is 38.6 Å². The third-order valence-corrected chi connectivity index (χ3v) is 3.94. The summed E-state index contributed by atoms with van der Waals surface area (Å²) in [4.78, 5) is 4.42. The van der Waals surface area contributed by atoms with Gasteiger partial charge in [-0.15, -0.1) is 0 Å². The first-order valence-electron chi connectivity index (χ1n) is 6.99. The molecule has 0 spiro atoms. The van der Waals surface area contributed by atoms with Gasteiger partial charge in [-0.05, 0) is 30.9 Å². The molecule has 0 saturated heterocycles. The lowest BCUT2D eigenvalue weighted by atomic mass is 9.87. The highest BCUT2D eigenvalue weighted by Gasteiger charge is 2.21. The standard InChI is InChI=1S/C15H20N4/c1-11-4-2-7-14(8-11)19-10-17-15(18-19)12-5-3-6-13(16)9-12/h3,5-6,9-11,14H,2,4,7-8,16H2,1H3. The zero-order chi connectivity index (χ0) is 13.2. The first kappa shape index (κ1) is 12.2. The maximum absolute atomic E-state index is 5.80. The molecule has 4 nitrogen and oxygen atoms in total. The first-order valence-corrected chi connectivity index (χ1v) is 6.99. The molecule has 0 aliphatic heterocycles. The van der Waals surface area contributed by atoms with Crippen LogP contribution in [0.1, 0.15) is 38.6 Å². The Morgan fingerprint density at radius 2 is 2.21 bits per heavy atom. The second-order valence-electron chi connectivity index (χ2n) is 5.60. The van der Waals surface area contributed by atoms with Crippen LogP contribution in [0.4, 0.5) is 5.69 Å². The number of nitrogen functional groups attached to an aromatic ring is 1. The van der Waals surface area contributed by atoms with Crippen LogP contribution in [0.3, 0.4) is 0 Å². The summed E-state index contributed by atoms with van der Waals surface area (Å²) in [6, 6.07) is 8.24. The first-order chi connectivity index (χ1) is 9.22. The molecule has 2 atom stereocenters. The Hall–Kier alpha value is -1.84. The van der Waals surface area contributed by atoms with Gasteiger partial charge < -0.3 is 5.73 Å². The Labute approximate surface area is 113 Å². The maximum Gasteiger partial charge on any atom is 0.181 e. The topological polar surface area (TPSA) is 56.7 Å². The van der Waals surface area contributed by atoms with E-state index in [0.29, 0.717) is 6.04 Å². The molecule has 2 unspecified atom stereocenters. The normalized spacial score (nSPS) is 23.4. The fourth-order valence-electron chi connectivity index (χ4n) is 2.90. The number of hydrogen-bond acceptors (Lipinski definition) is 3. The van der Waals surface area contributed by atoms with Gasteiger partial charge in [0.15, 0.2) is 5.82 Å². The van der Waals surface area contributed by atoms with E-state index in [1.807, 2.05) is 35.3 Å². The van der Waals surface area contributed by atoms with Crippen LogP contribution >= 0.6 is 0 Å². The van der Waals surface area contributed by atoms with E-state index in [-0.39, 0.29) is 0 Å². The molecule has 2 N–H and O–H groups in total. The molecule has 0 radical (unpaired) electrons. The van der Waals surface area contributed by atoms with Gasteiger partial charge in [-0.2, -0.15) is 5.10 Å². The summed E-state index contributed by atoms with van der Waals surface area (Å²) in [5.74, 6) is 1.56. The van der Waals surface area contributed by atoms with Crippen LogP contribution < -0.4 is 5.73 Å². The SMILES string of the molecule is CC1CCCC(n2cnc(-c3cccc(N)c3)n2)C1. The van der Waals surface area contributed by atoms with E-state index in [0.717, 1.165) is 23.0 Å². The van der Waals surface area contributed by atoms with Gasteiger partial charge in [0.25, 0.3) is 0 Å². The van der Waals surface area contributed by atoms with Crippen LogP contribution in [-0.4, -0.2) is 14.8 Å². The lowest BCUT2D eigenvalue weighted by Crippen LogP contribution is -2.18. The van der Waals surface area contributed by atoms with Crippen LogP contribution in [0.15, 0.2) is 30.6 Å². The molecule has 19 heavy (non-hydrogen) atoms. The van der Waals surface area contributed by atoms with Gasteiger partial charge in [0.1, 0.15) is 6.33 Å². The Morgan fingerprint density at radius 1 is 1.32 bits per heavy atom. The van der Waals surface area contributed by atoms with Crippen molar-refractivity contribution < 1.29 is 0 Å². The van der Waals surface area contributed by atoms with Crippen LogP contribution in [0.2, 0.25) is 0 Å². The minimum Gasteiger partial charge on any atom is -0.399 e. The number of anilines is 1. The molecule has 1 fully saturated rings. The van der Waals surface area contributed by atoms with Crippen LogP contribution in [0, 0.1) is 5.92 Å². The second-order valence-corrected chi connectivity index (χ2v) is 5.60. The Bertz CT molecular complexity index is 561. The predicted octanol–water partition coefficient (Wildman–Crippen LogP) is 3.28. The molecule has 1 aromatic carbocycles. The van der Waals surface area contributed by atoms with E-state index in [1.165, 1.54) is 25.7 Å². The van der Waals surface area contributed by atoms with E-state index >= 15 is 0 Å². The van der Waals surface area contributed by atoms with Gasteiger partial charge in [0.2, 0.25) is 0 Å². The minimum atomic E-state index is 0.506. The van der Waals surface area contributed by atoms with E-state index < -0.39 is 0 Å². The summed E-state index contributed by atoms with van der Waals surface area (Å²) < 4.78 is 2.04. The zero-order valence-electron chi connectivity index (χ0n) is 11.3. The van der Waals surface area contributed by atoms with Gasteiger partial charge in [0, 0.05) is 11.3 Å². The maximum atomic E-state index is 5.80. The zero-order valence-corrected chi connectivity index (χ0v) is 11.3. The minimum absolute atomic E-state index is 0.506. The summed E-state index contributed by atoms with van der Waals surface area (Å²) in [7, 11) is 0. The molecule has 4 heteroatoms. The van der Waals surface area contributed by atoms with Crippen molar-refractivity contribution >= 4 is 5.69 Å². The predicted molar refractivity (Wildman–Crippen MR) is 76.5 cm³/mol. The molecule has 100 valence electrons. The number of nitrogens with two attached hydrogens (primary N) is 1. The lowest BCUT2D eigenvalue weighted by molar-refractivity contribution is 0.266. The number of aromatic nitrogens is 3. The monoisotopic (exact) mass is 256 g/mol. The summed E-state index contributed by atoms with van der Waals surface area (Å²) >= 11 is 0. The quantitative estimate of drug-likeness (QED) is 0.839. The van der Waals surface area contributed by atoms with Crippen molar-refractivity contribution in [1.82, 2.24) is 14.8 Å². The average Bonchev–Trinajstić information content (AvgIpc) is 2.88. The molecule has 0 bridgehead atoms. The third kappa shape index (κ3) is 2.62. The highest BCUT2D eigenvalue weighted by molar-refractivity contribution is 5.60. The van der Waals surface area contributed by atoms with Gasteiger partial charge >= 0.3 is 0 Å². The van der Waals surface area contributed by atoms with Crippen LogP contribution in [0.25, 0.3) is 11.4 Å². The highest BCUT2D eigenvalue weighted by Crippen LogP contribution is 2.32. The summed E-state index contributed by atoms with van der Waals surface area (Å²) in [6.07, 6.45) is 6.91. The van der Waals surface area contributed by atoms with Crippen molar-refractivity contribution in [3.63, 3.8) is 0 Å². The molecule has 1 heterocycles.